The van der Waals surface area contributed by atoms with Gasteiger partial charge in [0.2, 0.25) is 0 Å². The number of Topliss-reactive ketones (excluding diaryl/α,β-unsaturated/α-hetero) is 1. The summed E-state index contributed by atoms with van der Waals surface area (Å²) < 4.78 is 5.10. The molecule has 0 amide bonds. The number of aromatic nitrogens is 3. The summed E-state index contributed by atoms with van der Waals surface area (Å²) in [5, 5.41) is 16.1. The molecule has 6 rings (SSSR count). The molecule has 1 aliphatic carbocycles. The Hall–Kier alpha value is -3.76. The zero-order valence-corrected chi connectivity index (χ0v) is 26.9. The second-order valence-electron chi connectivity index (χ2n) is 11.5. The van der Waals surface area contributed by atoms with Crippen molar-refractivity contribution in [3.05, 3.63) is 83.6 Å². The first kappa shape index (κ1) is 30.7. The van der Waals surface area contributed by atoms with Crippen molar-refractivity contribution < 1.29 is 24.2 Å². The SMILES string of the molecule is COC(=O)[C@H]1C(=O)c2c3[n-]c(c2C)/C=c2\[n-]/c(c(C)c2C)=C\c2[n-]c(c(C)c2C)/C=C2\[N-]/C(=C\31)[C@@H](CCC(=O)O)[C@@H]2C.[Mg+2]. The summed E-state index contributed by atoms with van der Waals surface area (Å²) >= 11 is 0. The summed E-state index contributed by atoms with van der Waals surface area (Å²) in [5.41, 5.74) is 9.37. The van der Waals surface area contributed by atoms with Gasteiger partial charge in [0, 0.05) is 12.0 Å². The van der Waals surface area contributed by atoms with Gasteiger partial charge in [0.25, 0.3) is 0 Å². The van der Waals surface area contributed by atoms with E-state index in [4.69, 9.17) is 25.0 Å². The number of ether oxygens (including phenoxy) is 1. The molecule has 0 spiro atoms. The summed E-state index contributed by atoms with van der Waals surface area (Å²) in [4.78, 5) is 53.4. The fourth-order valence-electron chi connectivity index (χ4n) is 6.41. The van der Waals surface area contributed by atoms with E-state index in [9.17, 15) is 19.5 Å². The van der Waals surface area contributed by atoms with Crippen LogP contribution in [0.15, 0.2) is 11.4 Å². The minimum absolute atomic E-state index is 0. The van der Waals surface area contributed by atoms with Crippen LogP contribution in [-0.4, -0.2) is 53.0 Å². The number of ketones is 1. The monoisotopic (exact) mass is 588 g/mol. The molecule has 43 heavy (non-hydrogen) atoms. The number of carbonyl (C=O) groups is 3. The molecule has 0 radical (unpaired) electrons. The van der Waals surface area contributed by atoms with Gasteiger partial charge in [-0.2, -0.15) is 11.4 Å². The molecule has 8 bridgehead atoms. The largest absolute Gasteiger partial charge is 2.00 e. The van der Waals surface area contributed by atoms with Gasteiger partial charge in [-0.15, -0.1) is 33.5 Å². The summed E-state index contributed by atoms with van der Waals surface area (Å²) in [6.07, 6.45) is 6.02. The normalized spacial score (nSPS) is 24.7. The molecule has 1 saturated heterocycles. The van der Waals surface area contributed by atoms with Crippen LogP contribution in [0.5, 0.6) is 0 Å². The Morgan fingerprint density at radius 3 is 2.02 bits per heavy atom. The first-order valence-corrected chi connectivity index (χ1v) is 14.1. The molecule has 2 aliphatic heterocycles. The molecule has 1 N–H and O–H groups in total. The van der Waals surface area contributed by atoms with E-state index < -0.39 is 17.9 Å². The fraction of sp³-hybridized carbons (Fsp3) is 0.364. The van der Waals surface area contributed by atoms with Crippen LogP contribution in [0, 0.1) is 52.4 Å². The first-order valence-electron chi connectivity index (χ1n) is 14.1. The molecule has 9 nitrogen and oxygen atoms in total. The van der Waals surface area contributed by atoms with Crippen LogP contribution >= 0.6 is 0 Å². The zero-order chi connectivity index (χ0) is 30.2. The maximum Gasteiger partial charge on any atom is 2.00 e. The number of hydrogen-bond donors (Lipinski definition) is 1. The van der Waals surface area contributed by atoms with Gasteiger partial charge in [-0.25, -0.2) is 0 Å². The Morgan fingerprint density at radius 1 is 0.860 bits per heavy atom. The maximum absolute atomic E-state index is 13.9. The third kappa shape index (κ3) is 4.71. The molecule has 3 aromatic rings. The standard InChI is InChI=1S/C33H34N4O5.Mg/c1-13-15(3)22-11-24-17(5)19(8-9-26(38)39)30(36-24)28-29(33(41)42-7)32(40)27-18(6)25(37-31(27)28)12-23-16(4)14(2)21(35-23)10-20(13)34-22;/h10-12,17,19,29H,8-9H2,1-7H3,(H3,36,37,38,39,40);/q-2;+2/p-2/b21-10-,23-12-,24-11-;/t17-,19-,29+;/m0./s1. The molecule has 0 aromatic carbocycles. The Morgan fingerprint density at radius 2 is 1.44 bits per heavy atom. The average Bonchev–Trinajstić information content (AvgIpc) is 3.67. The van der Waals surface area contributed by atoms with Crippen molar-refractivity contribution in [3.63, 3.8) is 0 Å². The summed E-state index contributed by atoms with van der Waals surface area (Å²) in [6.45, 7) is 11.9. The Bertz CT molecular complexity index is 1900. The number of carbonyl (C=O) groups excluding carboxylic acids is 2. The minimum atomic E-state index is -1.22. The molecule has 10 heteroatoms. The first-order chi connectivity index (χ1) is 19.9. The van der Waals surface area contributed by atoms with Crippen LogP contribution in [-0.2, 0) is 14.3 Å². The van der Waals surface area contributed by atoms with Gasteiger partial charge in [-0.05, 0) is 52.9 Å². The van der Waals surface area contributed by atoms with Crippen LogP contribution in [0.3, 0.4) is 0 Å². The Kier molecular flexibility index (Phi) is 7.89. The maximum atomic E-state index is 13.9. The van der Waals surface area contributed by atoms with Crippen molar-refractivity contribution in [1.29, 1.82) is 0 Å². The van der Waals surface area contributed by atoms with Gasteiger partial charge in [0.15, 0.2) is 5.78 Å². The van der Waals surface area contributed by atoms with Crippen LogP contribution < -0.4 is 25.7 Å². The smallest absolute Gasteiger partial charge is 0.664 e. The van der Waals surface area contributed by atoms with E-state index >= 15 is 0 Å². The predicted molar refractivity (Wildman–Crippen MR) is 163 cm³/mol. The number of esters is 1. The van der Waals surface area contributed by atoms with Crippen LogP contribution in [0.4, 0.5) is 0 Å². The number of carboxylic acid groups (broad SMARTS) is 1. The minimum Gasteiger partial charge on any atom is -0.664 e. The van der Waals surface area contributed by atoms with Crippen LogP contribution in [0.2, 0.25) is 0 Å². The predicted octanol–water partition coefficient (Wildman–Crippen LogP) is 2.93. The molecular formula is C33H32MgN4O5-2. The molecular weight excluding hydrogens is 557 g/mol. The van der Waals surface area contributed by atoms with Crippen molar-refractivity contribution >= 4 is 64.6 Å². The van der Waals surface area contributed by atoms with E-state index in [-0.39, 0.29) is 53.5 Å². The second-order valence-corrected chi connectivity index (χ2v) is 11.5. The second kappa shape index (κ2) is 11.1. The van der Waals surface area contributed by atoms with Gasteiger partial charge in [0.1, 0.15) is 5.92 Å². The molecule has 5 heterocycles. The molecule has 218 valence electrons. The molecule has 3 aliphatic rings. The quantitative estimate of drug-likeness (QED) is 0.279. The number of methoxy groups -OCH3 is 1. The molecule has 0 unspecified atom stereocenters. The third-order valence-electron chi connectivity index (χ3n) is 9.31. The average molecular weight is 589 g/mol. The topological polar surface area (TPSA) is 137 Å². The van der Waals surface area contributed by atoms with Crippen molar-refractivity contribution in [2.24, 2.45) is 17.8 Å². The van der Waals surface area contributed by atoms with Gasteiger partial charge >= 0.3 is 35.0 Å². The van der Waals surface area contributed by atoms with Gasteiger partial charge in [-0.1, -0.05) is 58.5 Å². The number of carboxylic acids is 1. The number of fused-ring (bicyclic) bond motifs is 7. The van der Waals surface area contributed by atoms with E-state index in [0.717, 1.165) is 44.3 Å². The van der Waals surface area contributed by atoms with Gasteiger partial charge in [0.05, 0.1) is 7.11 Å². The van der Waals surface area contributed by atoms with Crippen molar-refractivity contribution in [2.45, 2.75) is 54.4 Å². The summed E-state index contributed by atoms with van der Waals surface area (Å²) in [6, 6.07) is 0. The number of rotatable bonds is 4. The molecule has 0 saturated carbocycles. The van der Waals surface area contributed by atoms with Crippen molar-refractivity contribution in [2.75, 3.05) is 7.11 Å². The van der Waals surface area contributed by atoms with E-state index in [1.165, 1.54) is 7.11 Å². The van der Waals surface area contributed by atoms with E-state index in [2.05, 4.69) is 0 Å². The summed E-state index contributed by atoms with van der Waals surface area (Å²) in [7, 11) is 1.26. The number of hydrogen-bond acceptors (Lipinski definition) is 4. The number of aliphatic carboxylic acids is 1. The van der Waals surface area contributed by atoms with E-state index in [0.29, 0.717) is 39.5 Å². The van der Waals surface area contributed by atoms with Gasteiger partial charge < -0.3 is 30.1 Å². The number of nitrogens with zero attached hydrogens (tertiary/aromatic N) is 4. The Balaban J connectivity index is 0.00000368. The van der Waals surface area contributed by atoms with Crippen molar-refractivity contribution in [1.82, 2.24) is 15.0 Å². The molecule has 1 fully saturated rings. The Labute approximate surface area is 265 Å². The van der Waals surface area contributed by atoms with Gasteiger partial charge in [-0.3, -0.25) is 14.4 Å². The molecule has 3 atom stereocenters. The third-order valence-corrected chi connectivity index (χ3v) is 9.31. The van der Waals surface area contributed by atoms with Crippen molar-refractivity contribution in [3.8, 4) is 0 Å². The molecule has 3 aromatic heterocycles. The zero-order valence-electron chi connectivity index (χ0n) is 25.5. The van der Waals surface area contributed by atoms with E-state index in [1.54, 1.807) is 0 Å². The van der Waals surface area contributed by atoms with Crippen LogP contribution in [0.1, 0.15) is 80.7 Å². The van der Waals surface area contributed by atoms with E-state index in [1.807, 2.05) is 59.8 Å². The van der Waals surface area contributed by atoms with Crippen LogP contribution in [0.25, 0.3) is 29.1 Å². The fourth-order valence-corrected chi connectivity index (χ4v) is 6.41. The summed E-state index contributed by atoms with van der Waals surface area (Å²) in [5.74, 6) is -3.74. The number of allylic oxidation sites excluding steroid dienone is 2.